The molecule has 0 saturated heterocycles. The molecule has 7 rings (SSSR count). The molecular formula is C46H54Cl6Co2N9O9S+. The molecule has 0 unspecified atom stereocenters. The molecule has 0 saturated carbocycles. The first-order valence-corrected chi connectivity index (χ1v) is 26.3. The summed E-state index contributed by atoms with van der Waals surface area (Å²) in [6, 6.07) is 29.9. The van der Waals surface area contributed by atoms with Crippen LogP contribution in [0.3, 0.4) is 0 Å². The molecule has 4 aromatic heterocycles. The molecule has 402 valence electrons. The number of ketones is 2. The van der Waals surface area contributed by atoms with Crippen molar-refractivity contribution in [2.45, 2.75) is 48.5 Å². The number of para-hydroxylation sites is 4. The van der Waals surface area contributed by atoms with Crippen molar-refractivity contribution in [3.63, 3.8) is 0 Å². The summed E-state index contributed by atoms with van der Waals surface area (Å²) >= 11 is 9.65. The van der Waals surface area contributed by atoms with Crippen molar-refractivity contribution >= 4 is 135 Å². The summed E-state index contributed by atoms with van der Waals surface area (Å²) in [5.74, 6) is -0.676. The Balaban J connectivity index is -0.000000256. The molecule has 2 aromatic carbocycles. The van der Waals surface area contributed by atoms with E-state index in [-0.39, 0.29) is 44.3 Å². The molecule has 0 spiro atoms. The number of aliphatic imine (C=N–C) groups is 2. The second-order valence-electron chi connectivity index (χ2n) is 12.5. The Morgan fingerprint density at radius 1 is 0.630 bits per heavy atom. The van der Waals surface area contributed by atoms with Crippen LogP contribution in [0.15, 0.2) is 150 Å². The second-order valence-corrected chi connectivity index (χ2v) is 19.0. The van der Waals surface area contributed by atoms with Crippen molar-refractivity contribution in [3.05, 3.63) is 169 Å². The number of hydrogen-bond donors (Lipinski definition) is 6. The standard InChI is InChI=1S/C18H16N4.C6H8N2.2C6H7NO.C4H4N.2C2H3ClO.C2H4O2.Cl2O2S.2ClH.2Co.H2O/c1-13(15-9-5-11-19-15)21-17-7-3-4-8-18(17)22-14(2)16-10-6-12-20-16;7-5-3-1-2-4-6(5)8;2*1-5(8)6-3-2-4-7-6;1-2-4-5-3-1;3*1-2(3)4;1-5(2,3)4;;;;;/h3-12H,1-2H3;1-4H,7-8H2;2*2-4,7H,1H3;1-3,5H;2*1H3;1H3,(H,3,4);;2*1H;;;1H2/q-2;;;;+1;;;;;;;2*+2;/p-2. The van der Waals surface area contributed by atoms with Crippen LogP contribution in [0.1, 0.15) is 80.8 Å². The summed E-state index contributed by atoms with van der Waals surface area (Å²) in [6.07, 6.45) is 15.3. The number of hydrogen-bond acceptors (Lipinski definition) is 12. The molecule has 5 heterocycles. The Kier molecular flexibility index (Phi) is 49.7. The third-order valence-corrected chi connectivity index (χ3v) is 6.70. The number of H-pyrrole nitrogens is 2. The van der Waals surface area contributed by atoms with Crippen molar-refractivity contribution in [3.8, 4) is 0 Å². The Labute approximate surface area is 468 Å². The number of nitrogen functional groups attached to an aromatic ring is 2. The van der Waals surface area contributed by atoms with Crippen LogP contribution in [-0.4, -0.2) is 68.4 Å². The minimum absolute atomic E-state index is 0. The van der Waals surface area contributed by atoms with Gasteiger partial charge in [-0.1, -0.05) is 48.5 Å². The number of Topliss-reactive ketones (excluding diaryl/α,β-unsaturated/α-hetero) is 2. The van der Waals surface area contributed by atoms with Gasteiger partial charge in [-0.05, 0) is 85.6 Å². The average Bonchev–Trinajstić information content (AvgIpc) is 4.13. The van der Waals surface area contributed by atoms with Crippen molar-refractivity contribution in [1.82, 2.24) is 25.3 Å². The van der Waals surface area contributed by atoms with Gasteiger partial charge in [0.15, 0.2) is 17.8 Å². The number of carboxylic acids is 1. The normalized spacial score (nSPS) is 9.93. The van der Waals surface area contributed by atoms with E-state index in [0.29, 0.717) is 35.7 Å². The summed E-state index contributed by atoms with van der Waals surface area (Å²) < 4.78 is 18.3. The molecule has 1 radical (unpaired) electrons. The van der Waals surface area contributed by atoms with Gasteiger partial charge in [-0.15, -0.1) is 11.4 Å². The monoisotopic (exact) mass is 1240 g/mol. The number of aliphatic carboxylic acids is 1. The van der Waals surface area contributed by atoms with Gasteiger partial charge in [0.05, 0.1) is 34.1 Å². The number of rotatable bonds is 6. The van der Waals surface area contributed by atoms with Gasteiger partial charge >= 0.3 is 58.2 Å². The first-order valence-electron chi connectivity index (χ1n) is 19.5. The van der Waals surface area contributed by atoms with E-state index in [4.69, 9.17) is 50.1 Å². The third-order valence-electron chi connectivity index (χ3n) is 6.70. The molecule has 10 N–H and O–H groups in total. The van der Waals surface area contributed by atoms with E-state index in [1.165, 1.54) is 27.7 Å². The van der Waals surface area contributed by atoms with Gasteiger partial charge in [0.25, 0.3) is 5.97 Å². The van der Waals surface area contributed by atoms with Crippen LogP contribution in [0.4, 0.5) is 22.7 Å². The van der Waals surface area contributed by atoms with Crippen LogP contribution in [0.5, 0.6) is 0 Å². The maximum absolute atomic E-state index is 10.5. The minimum Gasteiger partial charge on any atom is 2.00 e. The predicted octanol–water partition coefficient (Wildman–Crippen LogP) is 10.5. The van der Waals surface area contributed by atoms with Gasteiger partial charge in [-0.3, -0.25) is 34.0 Å². The quantitative estimate of drug-likeness (QED) is 0.0297. The van der Waals surface area contributed by atoms with E-state index < -0.39 is 14.2 Å². The molecule has 6 aromatic rings. The van der Waals surface area contributed by atoms with Gasteiger partial charge in [0.2, 0.25) is 10.5 Å². The maximum Gasteiger partial charge on any atom is 2.00 e. The summed E-state index contributed by atoms with van der Waals surface area (Å²) in [5.41, 5.74) is 18.6. The van der Waals surface area contributed by atoms with Crippen LogP contribution < -0.4 is 26.8 Å². The summed E-state index contributed by atoms with van der Waals surface area (Å²) in [5, 5.41) is 9.43. The molecule has 1 aliphatic heterocycles. The van der Waals surface area contributed by atoms with Crippen LogP contribution in [0.2, 0.25) is 0 Å². The van der Waals surface area contributed by atoms with Gasteiger partial charge < -0.3 is 42.0 Å². The molecule has 18 nitrogen and oxygen atoms in total. The number of anilines is 2. The van der Waals surface area contributed by atoms with Crippen LogP contribution in [-0.2, 0) is 52.3 Å². The number of nitrogens with two attached hydrogens (primary N) is 2. The summed E-state index contributed by atoms with van der Waals surface area (Å²) in [4.78, 5) is 71.8. The molecule has 0 fully saturated rings. The van der Waals surface area contributed by atoms with Gasteiger partial charge in [-0.25, -0.2) is 5.32 Å². The van der Waals surface area contributed by atoms with Crippen LogP contribution >= 0.6 is 64.9 Å². The maximum atomic E-state index is 10.5. The topological polar surface area (TPSA) is 320 Å². The fourth-order valence-corrected chi connectivity index (χ4v) is 4.01. The second kappa shape index (κ2) is 47.5. The number of carbonyl (C=O) groups excluding carboxylic acids is 4. The summed E-state index contributed by atoms with van der Waals surface area (Å²) in [7, 11) is 14.3. The fourth-order valence-electron chi connectivity index (χ4n) is 4.01. The molecule has 27 heteroatoms. The van der Waals surface area contributed by atoms with E-state index in [2.05, 4.69) is 86.0 Å². The molecule has 73 heavy (non-hydrogen) atoms. The number of carboxylic acid groups (broad SMARTS) is 1. The molecule has 0 bridgehead atoms. The molecule has 0 atom stereocenters. The third kappa shape index (κ3) is 51.2. The number of aromatic amines is 2. The number of carbonyl (C=O) groups is 5. The first kappa shape index (κ1) is 76.4. The predicted molar refractivity (Wildman–Crippen MR) is 289 cm³/mol. The van der Waals surface area contributed by atoms with E-state index in [0.717, 1.165) is 41.1 Å². The number of aromatic nitrogens is 4. The SMILES string of the molecule is CC(=Nc1ccccc1N=C(C)c1ccc[n-]1)c1ccc[n-]1.CC(=O)Cl.CC(=O)Cl.CC(=O)O.CC(=O)c1ccc[nH]1.CC(=O)c1ccc[nH]1.Nc1ccccc1N.O.O=S(=O)(Cl)Cl.[C+]1=CC=CN1.[Cl][Co][Cl].[Co+2]. The number of halogens is 6. The van der Waals surface area contributed by atoms with Crippen LogP contribution in [0, 0.1) is 6.20 Å². The minimum atomic E-state index is -3.72. The van der Waals surface area contributed by atoms with Gasteiger partial charge in [0, 0.05) is 79.8 Å². The first-order chi connectivity index (χ1) is 33.3. The number of benzene rings is 2. The number of allylic oxidation sites excluding steroid dienone is 2. The zero-order valence-electron chi connectivity index (χ0n) is 39.9. The summed E-state index contributed by atoms with van der Waals surface area (Å²) in [6.45, 7) is 10.6. The molecule has 1 aliphatic rings. The Hall–Kier alpha value is -5.50. The number of nitrogens with zero attached hydrogens (tertiary/aromatic N) is 4. The average molecular weight is 1240 g/mol. The van der Waals surface area contributed by atoms with E-state index in [1.54, 1.807) is 61.2 Å². The van der Waals surface area contributed by atoms with E-state index in [9.17, 15) is 19.2 Å². The zero-order valence-corrected chi connectivity index (χ0v) is 47.3. The van der Waals surface area contributed by atoms with Crippen molar-refractivity contribution in [1.29, 1.82) is 0 Å². The Morgan fingerprint density at radius 3 is 1.12 bits per heavy atom. The molecule has 0 aliphatic carbocycles. The largest absolute Gasteiger partial charge is 2.00 e. The zero-order chi connectivity index (χ0) is 54.8. The van der Waals surface area contributed by atoms with Crippen molar-refractivity contribution < 1.29 is 72.6 Å². The van der Waals surface area contributed by atoms with E-state index in [1.807, 2.05) is 92.9 Å². The van der Waals surface area contributed by atoms with Gasteiger partial charge in [-0.2, -0.15) is 20.8 Å². The Bertz CT molecular complexity index is 2440. The smallest absolute Gasteiger partial charge is 2.00 e. The van der Waals surface area contributed by atoms with Crippen molar-refractivity contribution in [2.24, 2.45) is 9.98 Å². The van der Waals surface area contributed by atoms with Gasteiger partial charge in [0.1, 0.15) is 18.4 Å². The van der Waals surface area contributed by atoms with E-state index >= 15 is 0 Å². The van der Waals surface area contributed by atoms with Crippen molar-refractivity contribution in [2.75, 3.05) is 11.5 Å². The van der Waals surface area contributed by atoms with Crippen LogP contribution in [0.25, 0.3) is 0 Å². The molecule has 0 amide bonds. The fraction of sp³-hybridized carbons (Fsp3) is 0.152. The Morgan fingerprint density at radius 2 is 0.945 bits per heavy atom. The number of nitrogens with one attached hydrogen (secondary N) is 3. The molecular weight excluding hydrogens is 1190 g/mol.